The Bertz CT molecular complexity index is 672. The Kier molecular flexibility index (Phi) is 4.19. The van der Waals surface area contributed by atoms with E-state index in [0.29, 0.717) is 0 Å². The van der Waals surface area contributed by atoms with Gasteiger partial charge in [0, 0.05) is 6.42 Å². The molecule has 2 rings (SSSR count). The van der Waals surface area contributed by atoms with E-state index < -0.39 is 35.8 Å². The van der Waals surface area contributed by atoms with E-state index in [2.05, 4.69) is 5.32 Å². The molecule has 1 aromatic carbocycles. The van der Waals surface area contributed by atoms with Crippen LogP contribution in [0.3, 0.4) is 0 Å². The third-order valence-electron chi connectivity index (χ3n) is 3.77. The summed E-state index contributed by atoms with van der Waals surface area (Å²) in [7, 11) is 0. The maximum atomic E-state index is 12.8. The summed E-state index contributed by atoms with van der Waals surface area (Å²) < 4.78 is 38.5. The highest BCUT2D eigenvalue weighted by atomic mass is 19.4. The number of ketones is 1. The van der Waals surface area contributed by atoms with Gasteiger partial charge >= 0.3 is 12.2 Å². The molecule has 1 aliphatic rings. The van der Waals surface area contributed by atoms with Crippen molar-refractivity contribution < 1.29 is 27.6 Å². The van der Waals surface area contributed by atoms with Crippen LogP contribution in [-0.4, -0.2) is 29.2 Å². The van der Waals surface area contributed by atoms with Gasteiger partial charge in [-0.2, -0.15) is 13.2 Å². The summed E-state index contributed by atoms with van der Waals surface area (Å²) in [5, 5.41) is 2.37. The fourth-order valence-corrected chi connectivity index (χ4v) is 2.33. The number of alkyl halides is 3. The van der Waals surface area contributed by atoms with E-state index in [-0.39, 0.29) is 17.8 Å². The quantitative estimate of drug-likeness (QED) is 0.864. The highest BCUT2D eigenvalue weighted by Gasteiger charge is 2.49. The van der Waals surface area contributed by atoms with Crippen LogP contribution in [0.1, 0.15) is 31.4 Å². The van der Waals surface area contributed by atoms with Gasteiger partial charge in [-0.1, -0.05) is 19.1 Å². The van der Waals surface area contributed by atoms with Gasteiger partial charge in [-0.3, -0.25) is 14.5 Å². The molecule has 5 nitrogen and oxygen atoms in total. The molecular formula is C15H15F3N2O3. The lowest BCUT2D eigenvalue weighted by atomic mass is 9.90. The Morgan fingerprint density at radius 2 is 1.96 bits per heavy atom. The maximum Gasteiger partial charge on any atom is 0.416 e. The van der Waals surface area contributed by atoms with Crippen molar-refractivity contribution in [2.75, 3.05) is 6.54 Å². The summed E-state index contributed by atoms with van der Waals surface area (Å²) in [6, 6.07) is 3.41. The minimum absolute atomic E-state index is 0.0112. The average Bonchev–Trinajstić information content (AvgIpc) is 2.71. The van der Waals surface area contributed by atoms with E-state index in [1.807, 2.05) is 0 Å². The lowest BCUT2D eigenvalue weighted by molar-refractivity contribution is -0.138. The molecule has 0 saturated carbocycles. The molecule has 8 heteroatoms. The van der Waals surface area contributed by atoms with Gasteiger partial charge in [0.1, 0.15) is 5.54 Å². The van der Waals surface area contributed by atoms with Crippen molar-refractivity contribution in [3.63, 3.8) is 0 Å². The number of amides is 3. The molecule has 0 spiro atoms. The van der Waals surface area contributed by atoms with Gasteiger partial charge in [0.25, 0.3) is 5.91 Å². The zero-order chi connectivity index (χ0) is 17.4. The number of imide groups is 1. The van der Waals surface area contributed by atoms with Crippen molar-refractivity contribution in [2.45, 2.75) is 32.0 Å². The second kappa shape index (κ2) is 5.68. The highest BCUT2D eigenvalue weighted by molar-refractivity contribution is 6.09. The van der Waals surface area contributed by atoms with E-state index in [1.165, 1.54) is 19.1 Å². The highest BCUT2D eigenvalue weighted by Crippen LogP contribution is 2.34. The monoisotopic (exact) mass is 328 g/mol. The average molecular weight is 328 g/mol. The number of hydrogen-bond acceptors (Lipinski definition) is 3. The molecular weight excluding hydrogens is 313 g/mol. The molecule has 0 aliphatic carbocycles. The molecule has 1 saturated heterocycles. The fourth-order valence-electron chi connectivity index (χ4n) is 2.33. The topological polar surface area (TPSA) is 66.5 Å². The normalized spacial score (nSPS) is 21.5. The smallest absolute Gasteiger partial charge is 0.319 e. The number of nitrogens with zero attached hydrogens (tertiary/aromatic N) is 1. The number of Topliss-reactive ketones (excluding diaryl/α,β-unsaturated/α-hetero) is 1. The molecule has 0 radical (unpaired) electrons. The third kappa shape index (κ3) is 3.06. The lowest BCUT2D eigenvalue weighted by Gasteiger charge is -2.23. The summed E-state index contributed by atoms with van der Waals surface area (Å²) in [6.45, 7) is 2.52. The number of benzene rings is 1. The second-order valence-corrected chi connectivity index (χ2v) is 5.42. The van der Waals surface area contributed by atoms with Crippen LogP contribution < -0.4 is 5.32 Å². The molecule has 1 heterocycles. The summed E-state index contributed by atoms with van der Waals surface area (Å²) in [4.78, 5) is 36.6. The number of halogens is 3. The van der Waals surface area contributed by atoms with Crippen LogP contribution in [0.2, 0.25) is 0 Å². The molecule has 0 aromatic heterocycles. The zero-order valence-corrected chi connectivity index (χ0v) is 12.5. The molecule has 1 fully saturated rings. The first-order chi connectivity index (χ1) is 10.6. The zero-order valence-electron chi connectivity index (χ0n) is 12.5. The van der Waals surface area contributed by atoms with Crippen molar-refractivity contribution in [3.05, 3.63) is 35.4 Å². The molecule has 1 aliphatic heterocycles. The predicted molar refractivity (Wildman–Crippen MR) is 74.3 cm³/mol. The van der Waals surface area contributed by atoms with Crippen LogP contribution in [0.5, 0.6) is 0 Å². The summed E-state index contributed by atoms with van der Waals surface area (Å²) in [6.07, 6.45) is -4.41. The van der Waals surface area contributed by atoms with Gasteiger partial charge in [0.2, 0.25) is 0 Å². The van der Waals surface area contributed by atoms with Crippen molar-refractivity contribution in [2.24, 2.45) is 0 Å². The summed E-state index contributed by atoms with van der Waals surface area (Å²) >= 11 is 0. The van der Waals surface area contributed by atoms with Crippen LogP contribution in [0.15, 0.2) is 24.3 Å². The van der Waals surface area contributed by atoms with E-state index in [0.717, 1.165) is 17.0 Å². The predicted octanol–water partition coefficient (Wildman–Crippen LogP) is 2.45. The Morgan fingerprint density at radius 3 is 2.52 bits per heavy atom. The molecule has 3 amide bonds. The summed E-state index contributed by atoms with van der Waals surface area (Å²) in [5.74, 6) is -1.06. The Morgan fingerprint density at radius 1 is 1.30 bits per heavy atom. The Labute approximate surface area is 130 Å². The fraction of sp³-hybridized carbons (Fsp3) is 0.400. The number of carbonyl (C=O) groups is 3. The van der Waals surface area contributed by atoms with E-state index in [9.17, 15) is 27.6 Å². The van der Waals surface area contributed by atoms with E-state index in [4.69, 9.17) is 0 Å². The van der Waals surface area contributed by atoms with Crippen LogP contribution in [-0.2, 0) is 21.3 Å². The van der Waals surface area contributed by atoms with Crippen LogP contribution in [0.25, 0.3) is 0 Å². The van der Waals surface area contributed by atoms with E-state index >= 15 is 0 Å². The van der Waals surface area contributed by atoms with Crippen molar-refractivity contribution in [3.8, 4) is 0 Å². The van der Waals surface area contributed by atoms with Crippen LogP contribution >= 0.6 is 0 Å². The van der Waals surface area contributed by atoms with Gasteiger partial charge in [0.15, 0.2) is 5.78 Å². The maximum absolute atomic E-state index is 12.8. The van der Waals surface area contributed by atoms with Gasteiger partial charge < -0.3 is 5.32 Å². The van der Waals surface area contributed by atoms with Gasteiger partial charge in [-0.05, 0) is 24.6 Å². The standard InChI is InChI=1S/C15H15F3N2O3/c1-3-11(21)8-20-12(22)14(2,19-13(20)23)9-5-4-6-10(7-9)15(16,17)18/h4-7H,3,8H2,1-2H3,(H,19,23). The minimum Gasteiger partial charge on any atom is -0.319 e. The molecule has 1 N–H and O–H groups in total. The Hall–Kier alpha value is -2.38. The van der Waals surface area contributed by atoms with Crippen LogP contribution in [0.4, 0.5) is 18.0 Å². The van der Waals surface area contributed by atoms with Gasteiger partial charge in [-0.25, -0.2) is 4.79 Å². The van der Waals surface area contributed by atoms with Crippen molar-refractivity contribution in [1.29, 1.82) is 0 Å². The van der Waals surface area contributed by atoms with Crippen LogP contribution in [0, 0.1) is 0 Å². The number of rotatable bonds is 4. The lowest BCUT2D eigenvalue weighted by Crippen LogP contribution is -2.41. The number of urea groups is 1. The third-order valence-corrected chi connectivity index (χ3v) is 3.77. The SMILES string of the molecule is CCC(=O)CN1C(=O)NC(C)(c2cccc(C(F)(F)F)c2)C1=O. The molecule has 1 aromatic rings. The number of carbonyl (C=O) groups excluding carboxylic acids is 3. The largest absolute Gasteiger partial charge is 0.416 e. The minimum atomic E-state index is -4.56. The van der Waals surface area contributed by atoms with Gasteiger partial charge in [0.05, 0.1) is 12.1 Å². The van der Waals surface area contributed by atoms with Crippen molar-refractivity contribution >= 4 is 17.7 Å². The summed E-state index contributed by atoms with van der Waals surface area (Å²) in [5.41, 5.74) is -2.54. The molecule has 1 unspecified atom stereocenters. The molecule has 1 atom stereocenters. The number of hydrogen-bond donors (Lipinski definition) is 1. The molecule has 0 bridgehead atoms. The Balaban J connectivity index is 2.38. The second-order valence-electron chi connectivity index (χ2n) is 5.42. The first kappa shape index (κ1) is 17.0. The first-order valence-electron chi connectivity index (χ1n) is 6.93. The number of nitrogens with one attached hydrogen (secondary N) is 1. The van der Waals surface area contributed by atoms with E-state index in [1.54, 1.807) is 6.92 Å². The first-order valence-corrected chi connectivity index (χ1v) is 6.93. The van der Waals surface area contributed by atoms with Gasteiger partial charge in [-0.15, -0.1) is 0 Å². The molecule has 23 heavy (non-hydrogen) atoms. The van der Waals surface area contributed by atoms with Crippen molar-refractivity contribution in [1.82, 2.24) is 10.2 Å². The molecule has 124 valence electrons.